The average Bonchev–Trinajstić information content (AvgIpc) is 2.49. The van der Waals surface area contributed by atoms with E-state index in [1.165, 1.54) is 7.11 Å². The van der Waals surface area contributed by atoms with Gasteiger partial charge in [-0.15, -0.1) is 0 Å². The lowest BCUT2D eigenvalue weighted by Gasteiger charge is -2.22. The maximum absolute atomic E-state index is 11.0. The molecule has 0 aliphatic carbocycles. The Balaban J connectivity index is 2.73. The van der Waals surface area contributed by atoms with Gasteiger partial charge in [0.05, 0.1) is 17.7 Å². The van der Waals surface area contributed by atoms with Gasteiger partial charge in [0, 0.05) is 24.2 Å². The molecule has 0 aromatic heterocycles. The molecule has 1 heterocycles. The van der Waals surface area contributed by atoms with Gasteiger partial charge >= 0.3 is 5.69 Å². The Kier molecular flexibility index (Phi) is 2.57. The first-order valence-electron chi connectivity index (χ1n) is 5.60. The van der Waals surface area contributed by atoms with Crippen LogP contribution in [0.4, 0.5) is 11.4 Å². The van der Waals surface area contributed by atoms with Crippen LogP contribution >= 0.6 is 0 Å². The molecule has 0 fully saturated rings. The van der Waals surface area contributed by atoms with Crippen molar-refractivity contribution in [3.05, 3.63) is 40.1 Å². The van der Waals surface area contributed by atoms with E-state index in [0.29, 0.717) is 0 Å². The van der Waals surface area contributed by atoms with E-state index >= 15 is 0 Å². The molecule has 0 spiro atoms. The number of nitro groups is 1. The summed E-state index contributed by atoms with van der Waals surface area (Å²) in [7, 11) is 3.31. The molecule has 2 rings (SSSR count). The van der Waals surface area contributed by atoms with Gasteiger partial charge in [-0.3, -0.25) is 10.1 Å². The fourth-order valence-electron chi connectivity index (χ4n) is 2.36. The summed E-state index contributed by atoms with van der Waals surface area (Å²) < 4.78 is 5.11. The van der Waals surface area contributed by atoms with Crippen LogP contribution in [0.25, 0.3) is 0 Å². The summed E-state index contributed by atoms with van der Waals surface area (Å²) in [6, 6.07) is 3.29. The summed E-state index contributed by atoms with van der Waals surface area (Å²) in [5, 5.41) is 11.0. The van der Waals surface area contributed by atoms with Crippen molar-refractivity contribution in [1.82, 2.24) is 0 Å². The summed E-state index contributed by atoms with van der Waals surface area (Å²) in [4.78, 5) is 12.5. The SMILES string of the molecule is C=C1N(C)c2cc([N+](=O)[O-])c(OC)cc2C1(C)C. The molecule has 96 valence electrons. The van der Waals surface area contributed by atoms with Crippen molar-refractivity contribution in [3.8, 4) is 5.75 Å². The number of allylic oxidation sites excluding steroid dienone is 1. The van der Waals surface area contributed by atoms with Gasteiger partial charge in [0.15, 0.2) is 5.75 Å². The van der Waals surface area contributed by atoms with Crippen LogP contribution in [0.1, 0.15) is 19.4 Å². The summed E-state index contributed by atoms with van der Waals surface area (Å²) in [6.45, 7) is 8.14. The lowest BCUT2D eigenvalue weighted by Crippen LogP contribution is -2.21. The number of hydrogen-bond donors (Lipinski definition) is 0. The molecule has 0 radical (unpaired) electrons. The Labute approximate surface area is 106 Å². The van der Waals surface area contributed by atoms with Crippen molar-refractivity contribution in [2.75, 3.05) is 19.1 Å². The number of likely N-dealkylation sites (N-methyl/N-ethyl adjacent to an activating group) is 1. The molecule has 1 aliphatic heterocycles. The molecule has 0 saturated heterocycles. The van der Waals surface area contributed by atoms with E-state index in [9.17, 15) is 10.1 Å². The molecule has 0 unspecified atom stereocenters. The van der Waals surface area contributed by atoms with Crippen molar-refractivity contribution in [3.63, 3.8) is 0 Å². The van der Waals surface area contributed by atoms with Gasteiger partial charge in [0.1, 0.15) is 0 Å². The number of nitrogens with zero attached hydrogens (tertiary/aromatic N) is 2. The van der Waals surface area contributed by atoms with Crippen LogP contribution in [0, 0.1) is 10.1 Å². The van der Waals surface area contributed by atoms with Crippen molar-refractivity contribution in [1.29, 1.82) is 0 Å². The second-order valence-corrected chi connectivity index (χ2v) is 4.93. The fourth-order valence-corrected chi connectivity index (χ4v) is 2.36. The standard InChI is InChI=1S/C13H16N2O3/c1-8-13(2,3)9-6-12(18-5)11(15(16)17)7-10(9)14(8)4/h6-7H,1H2,2-5H3. The van der Waals surface area contributed by atoms with E-state index in [0.717, 1.165) is 16.9 Å². The van der Waals surface area contributed by atoms with Crippen molar-refractivity contribution < 1.29 is 9.66 Å². The highest BCUT2D eigenvalue weighted by Gasteiger charge is 2.39. The van der Waals surface area contributed by atoms with Crippen LogP contribution in [-0.2, 0) is 5.41 Å². The van der Waals surface area contributed by atoms with Crippen molar-refractivity contribution >= 4 is 11.4 Å². The van der Waals surface area contributed by atoms with Gasteiger partial charge in [-0.05, 0) is 11.6 Å². The molecule has 0 atom stereocenters. The van der Waals surface area contributed by atoms with Gasteiger partial charge in [-0.2, -0.15) is 0 Å². The third-order valence-corrected chi connectivity index (χ3v) is 3.65. The zero-order valence-electron chi connectivity index (χ0n) is 11.0. The molecule has 5 heteroatoms. The average molecular weight is 248 g/mol. The fraction of sp³-hybridized carbons (Fsp3) is 0.385. The van der Waals surface area contributed by atoms with E-state index in [1.54, 1.807) is 12.1 Å². The highest BCUT2D eigenvalue weighted by Crippen LogP contribution is 2.49. The molecule has 1 aliphatic rings. The molecule has 0 N–H and O–H groups in total. The number of hydrogen-bond acceptors (Lipinski definition) is 4. The molecule has 0 saturated carbocycles. The summed E-state index contributed by atoms with van der Waals surface area (Å²) in [5.74, 6) is 0.287. The van der Waals surface area contributed by atoms with E-state index in [4.69, 9.17) is 4.74 Å². The Bertz CT molecular complexity index is 549. The Morgan fingerprint density at radius 2 is 2.06 bits per heavy atom. The van der Waals surface area contributed by atoms with Gasteiger partial charge in [-0.1, -0.05) is 20.4 Å². The van der Waals surface area contributed by atoms with Gasteiger partial charge in [-0.25, -0.2) is 0 Å². The van der Waals surface area contributed by atoms with Gasteiger partial charge in [0.25, 0.3) is 0 Å². The smallest absolute Gasteiger partial charge is 0.313 e. The molecule has 1 aromatic carbocycles. The molecular formula is C13H16N2O3. The predicted molar refractivity (Wildman–Crippen MR) is 70.2 cm³/mol. The predicted octanol–water partition coefficient (Wildman–Crippen LogP) is 2.84. The topological polar surface area (TPSA) is 55.6 Å². The first-order chi connectivity index (χ1) is 8.30. The first kappa shape index (κ1) is 12.4. The van der Waals surface area contributed by atoms with Crippen LogP contribution in [0.5, 0.6) is 5.75 Å². The lowest BCUT2D eigenvalue weighted by molar-refractivity contribution is -0.385. The normalized spacial score (nSPS) is 16.7. The van der Waals surface area contributed by atoms with Gasteiger partial charge < -0.3 is 9.64 Å². The largest absolute Gasteiger partial charge is 0.490 e. The number of fused-ring (bicyclic) bond motifs is 1. The van der Waals surface area contributed by atoms with Crippen LogP contribution in [0.15, 0.2) is 24.4 Å². The van der Waals surface area contributed by atoms with E-state index in [1.807, 2.05) is 25.8 Å². The molecule has 5 nitrogen and oxygen atoms in total. The second kappa shape index (κ2) is 3.73. The zero-order chi connectivity index (χ0) is 13.7. The number of ether oxygens (including phenoxy) is 1. The highest BCUT2D eigenvalue weighted by molar-refractivity contribution is 5.74. The van der Waals surface area contributed by atoms with Crippen molar-refractivity contribution in [2.45, 2.75) is 19.3 Å². The van der Waals surface area contributed by atoms with Crippen LogP contribution in [0.3, 0.4) is 0 Å². The second-order valence-electron chi connectivity index (χ2n) is 4.93. The number of nitro benzene ring substituents is 1. The lowest BCUT2D eigenvalue weighted by atomic mass is 9.84. The third-order valence-electron chi connectivity index (χ3n) is 3.65. The van der Waals surface area contributed by atoms with Crippen molar-refractivity contribution in [2.24, 2.45) is 0 Å². The quantitative estimate of drug-likeness (QED) is 0.596. The molecule has 18 heavy (non-hydrogen) atoms. The van der Waals surface area contributed by atoms with E-state index < -0.39 is 4.92 Å². The highest BCUT2D eigenvalue weighted by atomic mass is 16.6. The Morgan fingerprint density at radius 3 is 2.56 bits per heavy atom. The summed E-state index contributed by atoms with van der Waals surface area (Å²) in [5.41, 5.74) is 2.47. The number of rotatable bonds is 2. The number of benzene rings is 1. The van der Waals surface area contributed by atoms with Crippen LogP contribution < -0.4 is 9.64 Å². The minimum Gasteiger partial charge on any atom is -0.490 e. The maximum Gasteiger partial charge on any atom is 0.313 e. The Hall–Kier alpha value is -2.04. The van der Waals surface area contributed by atoms with E-state index in [-0.39, 0.29) is 16.9 Å². The molecular weight excluding hydrogens is 232 g/mol. The van der Waals surface area contributed by atoms with Gasteiger partial charge in [0.2, 0.25) is 0 Å². The first-order valence-corrected chi connectivity index (χ1v) is 5.60. The van der Waals surface area contributed by atoms with E-state index in [2.05, 4.69) is 6.58 Å². The Morgan fingerprint density at radius 1 is 1.44 bits per heavy atom. The third kappa shape index (κ3) is 1.47. The zero-order valence-corrected chi connectivity index (χ0v) is 11.0. The molecule has 1 aromatic rings. The summed E-state index contributed by atoms with van der Waals surface area (Å²) >= 11 is 0. The minimum atomic E-state index is -0.430. The van der Waals surface area contributed by atoms with Crippen LogP contribution in [0.2, 0.25) is 0 Å². The molecule has 0 amide bonds. The van der Waals surface area contributed by atoms with Crippen LogP contribution in [-0.4, -0.2) is 19.1 Å². The minimum absolute atomic E-state index is 0.0198. The summed E-state index contributed by atoms with van der Waals surface area (Å²) in [6.07, 6.45) is 0. The molecule has 0 bridgehead atoms. The number of anilines is 1. The monoisotopic (exact) mass is 248 g/mol. The maximum atomic E-state index is 11.0. The number of methoxy groups -OCH3 is 1.